The highest BCUT2D eigenvalue weighted by atomic mass is 16.5. The number of aliphatic hydroxyl groups excluding tert-OH is 1. The summed E-state index contributed by atoms with van der Waals surface area (Å²) in [7, 11) is 1.64. The second-order valence-electron chi connectivity index (χ2n) is 5.42. The molecule has 0 spiro atoms. The number of aliphatic hydroxyl groups is 1. The van der Waals surface area contributed by atoms with Gasteiger partial charge in [0, 0.05) is 19.6 Å². The fourth-order valence-electron chi connectivity index (χ4n) is 2.15. The molecule has 0 fully saturated rings. The zero-order chi connectivity index (χ0) is 17.6. The molecule has 0 saturated carbocycles. The summed E-state index contributed by atoms with van der Waals surface area (Å²) in [4.78, 5) is 0. The van der Waals surface area contributed by atoms with Crippen LogP contribution in [-0.4, -0.2) is 50.9 Å². The van der Waals surface area contributed by atoms with E-state index in [2.05, 4.69) is 6.58 Å². The Labute approximate surface area is 145 Å². The van der Waals surface area contributed by atoms with Crippen molar-refractivity contribution in [3.05, 3.63) is 42.5 Å². The Hall–Kier alpha value is -1.40. The van der Waals surface area contributed by atoms with Crippen molar-refractivity contribution >= 4 is 0 Å². The summed E-state index contributed by atoms with van der Waals surface area (Å²) in [5, 5.41) is 10.1. The summed E-state index contributed by atoms with van der Waals surface area (Å²) < 4.78 is 21.5. The lowest BCUT2D eigenvalue weighted by atomic mass is 10.1. The van der Waals surface area contributed by atoms with Gasteiger partial charge in [0.05, 0.1) is 39.1 Å². The molecule has 0 heterocycles. The van der Waals surface area contributed by atoms with E-state index in [9.17, 15) is 5.11 Å². The second-order valence-corrected chi connectivity index (χ2v) is 5.42. The smallest absolute Gasteiger partial charge is 0.118 e. The molecule has 0 aliphatic rings. The first kappa shape index (κ1) is 20.6. The predicted octanol–water partition coefficient (Wildman–Crippen LogP) is 2.96. The van der Waals surface area contributed by atoms with Gasteiger partial charge in [0.2, 0.25) is 0 Å². The standard InChI is InChI=1S/C19H30O5/c1-4-18(24-13-12-22-5-2)14-17(20)10-11-23-15-16-6-8-19(21-3)9-7-16/h4,6-9,17-18,20H,1,5,10-15H2,2-3H3/t17-,18-/m0/s1. The van der Waals surface area contributed by atoms with E-state index in [1.54, 1.807) is 13.2 Å². The maximum Gasteiger partial charge on any atom is 0.118 e. The SMILES string of the molecule is C=C[C@@H](C[C@@H](O)CCOCc1ccc(OC)cc1)OCCOCC. The molecule has 0 radical (unpaired) electrons. The first-order valence-corrected chi connectivity index (χ1v) is 8.40. The van der Waals surface area contributed by atoms with Crippen molar-refractivity contribution in [2.24, 2.45) is 0 Å². The molecular weight excluding hydrogens is 308 g/mol. The quantitative estimate of drug-likeness (QED) is 0.417. The van der Waals surface area contributed by atoms with Gasteiger partial charge in [-0.2, -0.15) is 0 Å². The summed E-state index contributed by atoms with van der Waals surface area (Å²) >= 11 is 0. The predicted molar refractivity (Wildman–Crippen MR) is 94.3 cm³/mol. The van der Waals surface area contributed by atoms with Crippen LogP contribution >= 0.6 is 0 Å². The molecule has 1 aromatic carbocycles. The van der Waals surface area contributed by atoms with Crippen LogP contribution in [0.25, 0.3) is 0 Å². The van der Waals surface area contributed by atoms with Gasteiger partial charge in [0.1, 0.15) is 5.75 Å². The Bertz CT molecular complexity index is 432. The van der Waals surface area contributed by atoms with E-state index in [-0.39, 0.29) is 6.10 Å². The number of hydrogen-bond acceptors (Lipinski definition) is 5. The second kappa shape index (κ2) is 13.0. The highest BCUT2D eigenvalue weighted by molar-refractivity contribution is 5.26. The van der Waals surface area contributed by atoms with Gasteiger partial charge in [-0.15, -0.1) is 6.58 Å². The summed E-state index contributed by atoms with van der Waals surface area (Å²) in [5.74, 6) is 0.828. The van der Waals surface area contributed by atoms with Crippen LogP contribution in [0.3, 0.4) is 0 Å². The summed E-state index contributed by atoms with van der Waals surface area (Å²) in [6, 6.07) is 7.74. The summed E-state index contributed by atoms with van der Waals surface area (Å²) in [5.41, 5.74) is 1.08. The van der Waals surface area contributed by atoms with E-state index in [0.717, 1.165) is 11.3 Å². The van der Waals surface area contributed by atoms with Crippen molar-refractivity contribution in [3.63, 3.8) is 0 Å². The molecule has 0 aromatic heterocycles. The molecule has 0 amide bonds. The van der Waals surface area contributed by atoms with Crippen LogP contribution in [-0.2, 0) is 20.8 Å². The normalized spacial score (nSPS) is 13.5. The maximum absolute atomic E-state index is 10.1. The van der Waals surface area contributed by atoms with E-state index in [0.29, 0.717) is 45.9 Å². The third kappa shape index (κ3) is 9.03. The molecular formula is C19H30O5. The third-order valence-corrected chi connectivity index (χ3v) is 3.55. The van der Waals surface area contributed by atoms with Gasteiger partial charge in [-0.05, 0) is 31.0 Å². The van der Waals surface area contributed by atoms with Crippen molar-refractivity contribution in [1.29, 1.82) is 0 Å². The van der Waals surface area contributed by atoms with Crippen molar-refractivity contribution in [2.45, 2.75) is 38.6 Å². The number of ether oxygens (including phenoxy) is 4. The van der Waals surface area contributed by atoms with Gasteiger partial charge >= 0.3 is 0 Å². The molecule has 0 unspecified atom stereocenters. The lowest BCUT2D eigenvalue weighted by Gasteiger charge is -2.18. The monoisotopic (exact) mass is 338 g/mol. The Morgan fingerprint density at radius 2 is 1.88 bits per heavy atom. The first-order valence-electron chi connectivity index (χ1n) is 8.40. The lowest BCUT2D eigenvalue weighted by Crippen LogP contribution is -2.22. The van der Waals surface area contributed by atoms with E-state index in [1.165, 1.54) is 0 Å². The fraction of sp³-hybridized carbons (Fsp3) is 0.579. The lowest BCUT2D eigenvalue weighted by molar-refractivity contribution is -0.00241. The zero-order valence-electron chi connectivity index (χ0n) is 14.8. The minimum Gasteiger partial charge on any atom is -0.497 e. The average molecular weight is 338 g/mol. The first-order chi connectivity index (χ1) is 11.7. The van der Waals surface area contributed by atoms with Crippen LogP contribution < -0.4 is 4.74 Å². The minimum absolute atomic E-state index is 0.165. The Morgan fingerprint density at radius 1 is 1.12 bits per heavy atom. The zero-order valence-corrected chi connectivity index (χ0v) is 14.8. The molecule has 5 heteroatoms. The largest absolute Gasteiger partial charge is 0.497 e. The molecule has 24 heavy (non-hydrogen) atoms. The number of hydrogen-bond donors (Lipinski definition) is 1. The third-order valence-electron chi connectivity index (χ3n) is 3.55. The Balaban J connectivity index is 2.15. The van der Waals surface area contributed by atoms with Gasteiger partial charge in [-0.1, -0.05) is 18.2 Å². The van der Waals surface area contributed by atoms with Crippen molar-refractivity contribution in [3.8, 4) is 5.75 Å². The van der Waals surface area contributed by atoms with Crippen molar-refractivity contribution in [1.82, 2.24) is 0 Å². The number of rotatable bonds is 14. The molecule has 0 saturated heterocycles. The van der Waals surface area contributed by atoms with Gasteiger partial charge in [-0.25, -0.2) is 0 Å². The molecule has 1 rings (SSSR count). The van der Waals surface area contributed by atoms with Crippen LogP contribution in [0, 0.1) is 0 Å². The maximum atomic E-state index is 10.1. The molecule has 0 aliphatic carbocycles. The van der Waals surface area contributed by atoms with E-state index < -0.39 is 6.10 Å². The molecule has 1 aromatic rings. The fourth-order valence-corrected chi connectivity index (χ4v) is 2.15. The summed E-state index contributed by atoms with van der Waals surface area (Å²) in [6.07, 6.45) is 2.16. The highest BCUT2D eigenvalue weighted by Crippen LogP contribution is 2.12. The molecule has 0 aliphatic heterocycles. The molecule has 5 nitrogen and oxygen atoms in total. The van der Waals surface area contributed by atoms with Gasteiger partial charge in [0.25, 0.3) is 0 Å². The van der Waals surface area contributed by atoms with Gasteiger partial charge in [0.15, 0.2) is 0 Å². The van der Waals surface area contributed by atoms with Crippen LogP contribution in [0.15, 0.2) is 36.9 Å². The molecule has 0 bridgehead atoms. The van der Waals surface area contributed by atoms with Crippen molar-refractivity contribution < 1.29 is 24.1 Å². The van der Waals surface area contributed by atoms with E-state index >= 15 is 0 Å². The van der Waals surface area contributed by atoms with E-state index in [4.69, 9.17) is 18.9 Å². The molecule has 1 N–H and O–H groups in total. The highest BCUT2D eigenvalue weighted by Gasteiger charge is 2.12. The van der Waals surface area contributed by atoms with Gasteiger partial charge in [-0.3, -0.25) is 0 Å². The summed E-state index contributed by atoms with van der Waals surface area (Å²) in [6.45, 7) is 8.45. The van der Waals surface area contributed by atoms with Crippen LogP contribution in [0.2, 0.25) is 0 Å². The molecule has 2 atom stereocenters. The number of benzene rings is 1. The van der Waals surface area contributed by atoms with Gasteiger partial charge < -0.3 is 24.1 Å². The van der Waals surface area contributed by atoms with E-state index in [1.807, 2.05) is 31.2 Å². The average Bonchev–Trinajstić information content (AvgIpc) is 2.61. The van der Waals surface area contributed by atoms with Crippen LogP contribution in [0.4, 0.5) is 0 Å². The Morgan fingerprint density at radius 3 is 2.50 bits per heavy atom. The minimum atomic E-state index is -0.476. The topological polar surface area (TPSA) is 57.2 Å². The Kier molecular flexibility index (Phi) is 11.1. The number of methoxy groups -OCH3 is 1. The van der Waals surface area contributed by atoms with Crippen molar-refractivity contribution in [2.75, 3.05) is 33.5 Å². The van der Waals surface area contributed by atoms with Crippen LogP contribution in [0.1, 0.15) is 25.3 Å². The van der Waals surface area contributed by atoms with Crippen LogP contribution in [0.5, 0.6) is 5.75 Å². The molecule has 136 valence electrons.